The van der Waals surface area contributed by atoms with Gasteiger partial charge in [0.25, 0.3) is 0 Å². The molecule has 0 N–H and O–H groups in total. The number of nitrogens with zero attached hydrogens (tertiary/aromatic N) is 2. The molecule has 0 amide bonds. The van der Waals surface area contributed by atoms with Crippen LogP contribution in [0.2, 0.25) is 0 Å². The first-order chi connectivity index (χ1) is 28.8. The lowest BCUT2D eigenvalue weighted by atomic mass is 9.41. The normalized spacial score (nSPS) is 15.1. The highest BCUT2D eigenvalue weighted by Crippen LogP contribution is 2.54. The lowest BCUT2D eigenvalue weighted by molar-refractivity contribution is 0.446. The number of thiophene rings is 1. The van der Waals surface area contributed by atoms with Crippen LogP contribution in [0.1, 0.15) is 43.6 Å². The molecule has 13 rings (SSSR count). The van der Waals surface area contributed by atoms with Gasteiger partial charge in [-0.3, -0.25) is 0 Å². The van der Waals surface area contributed by atoms with Gasteiger partial charge in [0.15, 0.2) is 0 Å². The smallest absolute Gasteiger partial charge is 0.333 e. The van der Waals surface area contributed by atoms with Crippen LogP contribution in [-0.4, -0.2) is 6.85 Å². The summed E-state index contributed by atoms with van der Waals surface area (Å²) in [7, 11) is 0. The Bertz CT molecular complexity index is 2980. The third-order valence-corrected chi connectivity index (χ3v) is 14.9. The standard InChI is InChI=1S/C54H39BN2S/c1-4-14-34(15-5-1)37-28-30-46-44(32-37)40-21-11-25-48-51(40)55-52-41(45-33-38(29-31-47(45)57(46)55)35-16-6-2-7-17-35)22-12-26-49(52)56(48)50-27-13-24-43-42-23-10-20-39(53(42)58-54(43)50)36-18-8-3-9-19-36/h1-2,4-7,10-17,20-33,36H,3,8-9,18-19H2. The van der Waals surface area contributed by atoms with Crippen LogP contribution in [-0.2, 0) is 0 Å². The Balaban J connectivity index is 1.10. The van der Waals surface area contributed by atoms with Gasteiger partial charge >= 0.3 is 6.85 Å². The lowest BCUT2D eigenvalue weighted by Crippen LogP contribution is -2.63. The van der Waals surface area contributed by atoms with Gasteiger partial charge in [-0.2, -0.15) is 0 Å². The van der Waals surface area contributed by atoms with Gasteiger partial charge in [-0.1, -0.05) is 147 Å². The number of benzene rings is 8. The molecule has 8 aromatic carbocycles. The van der Waals surface area contributed by atoms with Crippen LogP contribution in [0.15, 0.2) is 170 Å². The molecule has 3 aliphatic heterocycles. The Hall–Kier alpha value is -6.36. The van der Waals surface area contributed by atoms with E-state index in [1.54, 1.807) is 5.56 Å². The minimum Gasteiger partial charge on any atom is -0.376 e. The molecule has 0 spiro atoms. The second-order valence-electron chi connectivity index (χ2n) is 16.6. The van der Waals surface area contributed by atoms with Gasteiger partial charge in [0.05, 0.1) is 10.4 Å². The molecule has 0 radical (unpaired) electrons. The minimum atomic E-state index is 0.0401. The summed E-state index contributed by atoms with van der Waals surface area (Å²) >= 11 is 2.02. The second kappa shape index (κ2) is 12.6. The number of rotatable bonds is 4. The van der Waals surface area contributed by atoms with E-state index in [1.807, 2.05) is 11.3 Å². The molecule has 2 nitrogen and oxygen atoms in total. The van der Waals surface area contributed by atoms with E-state index in [-0.39, 0.29) is 6.85 Å². The summed E-state index contributed by atoms with van der Waals surface area (Å²) in [6.07, 6.45) is 6.66. The molecule has 0 saturated heterocycles. The molecule has 58 heavy (non-hydrogen) atoms. The van der Waals surface area contributed by atoms with Crippen LogP contribution in [0.5, 0.6) is 0 Å². The maximum absolute atomic E-state index is 2.67. The first-order valence-corrected chi connectivity index (χ1v) is 21.8. The number of anilines is 5. The fourth-order valence-corrected chi connectivity index (χ4v) is 12.4. The Morgan fingerprint density at radius 3 is 1.55 bits per heavy atom. The summed E-state index contributed by atoms with van der Waals surface area (Å²) in [5.74, 6) is 0.652. The molecule has 1 saturated carbocycles. The summed E-state index contributed by atoms with van der Waals surface area (Å²) in [5.41, 5.74) is 20.9. The first-order valence-electron chi connectivity index (χ1n) is 21.0. The van der Waals surface area contributed by atoms with E-state index in [1.165, 1.54) is 136 Å². The van der Waals surface area contributed by atoms with E-state index in [4.69, 9.17) is 0 Å². The van der Waals surface area contributed by atoms with Crippen LogP contribution < -0.4 is 20.6 Å². The highest BCUT2D eigenvalue weighted by Gasteiger charge is 2.49. The predicted octanol–water partition coefficient (Wildman–Crippen LogP) is 14.1. The van der Waals surface area contributed by atoms with E-state index in [0.29, 0.717) is 5.92 Å². The zero-order chi connectivity index (χ0) is 37.9. The molecule has 4 heteroatoms. The van der Waals surface area contributed by atoms with Crippen LogP contribution >= 0.6 is 11.3 Å². The van der Waals surface area contributed by atoms with Gasteiger partial charge in [-0.25, -0.2) is 0 Å². The molecule has 4 heterocycles. The van der Waals surface area contributed by atoms with Crippen molar-refractivity contribution in [2.45, 2.75) is 38.0 Å². The predicted molar refractivity (Wildman–Crippen MR) is 249 cm³/mol. The Morgan fingerprint density at radius 2 is 0.948 bits per heavy atom. The lowest BCUT2D eigenvalue weighted by Gasteiger charge is -2.49. The molecule has 4 aliphatic rings. The molecule has 0 unspecified atom stereocenters. The summed E-state index contributed by atoms with van der Waals surface area (Å²) in [6, 6.07) is 64.2. The largest absolute Gasteiger partial charge is 0.376 e. The van der Waals surface area contributed by atoms with Crippen LogP contribution in [0, 0.1) is 0 Å². The summed E-state index contributed by atoms with van der Waals surface area (Å²) in [5, 5.41) is 2.77. The average molecular weight is 759 g/mol. The Kier molecular flexibility index (Phi) is 7.09. The Labute approximate surface area is 343 Å². The highest BCUT2D eigenvalue weighted by atomic mass is 32.1. The maximum atomic E-state index is 2.67. The monoisotopic (exact) mass is 758 g/mol. The van der Waals surface area contributed by atoms with Crippen LogP contribution in [0.4, 0.5) is 28.4 Å². The molecule has 1 aromatic heterocycles. The second-order valence-corrected chi connectivity index (χ2v) is 17.6. The van der Waals surface area contributed by atoms with E-state index in [2.05, 4.69) is 180 Å². The van der Waals surface area contributed by atoms with Gasteiger partial charge in [-0.05, 0) is 111 Å². The molecule has 0 atom stereocenters. The van der Waals surface area contributed by atoms with Crippen molar-refractivity contribution in [2.24, 2.45) is 0 Å². The van der Waals surface area contributed by atoms with E-state index < -0.39 is 0 Å². The fraction of sp³-hybridized carbons (Fsp3) is 0.111. The third kappa shape index (κ3) is 4.61. The third-order valence-electron chi connectivity index (χ3n) is 13.6. The Morgan fingerprint density at radius 1 is 0.414 bits per heavy atom. The van der Waals surface area contributed by atoms with Crippen molar-refractivity contribution in [2.75, 3.05) is 9.71 Å². The van der Waals surface area contributed by atoms with Gasteiger partial charge in [-0.15, -0.1) is 11.3 Å². The van der Waals surface area contributed by atoms with Crippen molar-refractivity contribution in [3.8, 4) is 44.5 Å². The fourth-order valence-electron chi connectivity index (χ4n) is 11.0. The number of hydrogen-bond donors (Lipinski definition) is 0. The van der Waals surface area contributed by atoms with Crippen molar-refractivity contribution >= 4 is 77.7 Å². The molecular formula is C54H39BN2S. The van der Waals surface area contributed by atoms with Gasteiger partial charge in [0.2, 0.25) is 0 Å². The zero-order valence-electron chi connectivity index (χ0n) is 32.2. The van der Waals surface area contributed by atoms with E-state index in [0.717, 1.165) is 0 Å². The van der Waals surface area contributed by atoms with Crippen molar-refractivity contribution < 1.29 is 0 Å². The summed E-state index contributed by atoms with van der Waals surface area (Å²) in [4.78, 5) is 5.29. The van der Waals surface area contributed by atoms with Crippen molar-refractivity contribution in [1.29, 1.82) is 0 Å². The van der Waals surface area contributed by atoms with Gasteiger partial charge in [0.1, 0.15) is 0 Å². The number of hydrogen-bond acceptors (Lipinski definition) is 3. The summed E-state index contributed by atoms with van der Waals surface area (Å²) < 4.78 is 2.85. The molecular weight excluding hydrogens is 719 g/mol. The zero-order valence-corrected chi connectivity index (χ0v) is 33.0. The topological polar surface area (TPSA) is 6.48 Å². The minimum absolute atomic E-state index is 0.0401. The van der Waals surface area contributed by atoms with Crippen LogP contribution in [0.3, 0.4) is 0 Å². The summed E-state index contributed by atoms with van der Waals surface area (Å²) in [6.45, 7) is 0.0401. The average Bonchev–Trinajstić information content (AvgIpc) is 3.69. The van der Waals surface area contributed by atoms with Crippen LogP contribution in [0.25, 0.3) is 64.7 Å². The van der Waals surface area contributed by atoms with E-state index in [9.17, 15) is 0 Å². The molecule has 274 valence electrons. The first kappa shape index (κ1) is 32.7. The van der Waals surface area contributed by atoms with E-state index >= 15 is 0 Å². The van der Waals surface area contributed by atoms with Crippen molar-refractivity contribution in [3.05, 3.63) is 175 Å². The van der Waals surface area contributed by atoms with Gasteiger partial charge in [0, 0.05) is 49.3 Å². The molecule has 9 aromatic rings. The quantitative estimate of drug-likeness (QED) is 0.165. The maximum Gasteiger partial charge on any atom is 0.333 e. The molecule has 1 fully saturated rings. The number of fused-ring (bicyclic) bond motifs is 9. The van der Waals surface area contributed by atoms with Crippen molar-refractivity contribution in [3.63, 3.8) is 0 Å². The molecule has 0 bridgehead atoms. The SMILES string of the molecule is c1ccc(-c2ccc3c(c2)-c2cccc4c2B2c5c(cccc5N4c4cccc5c4sc4c(C6CCCCC6)cccc45)-c4cc(-c5ccccc5)ccc4N23)cc1. The van der Waals surface area contributed by atoms with Gasteiger partial charge < -0.3 is 9.71 Å². The molecule has 1 aliphatic carbocycles. The highest BCUT2D eigenvalue weighted by molar-refractivity contribution is 7.26. The van der Waals surface area contributed by atoms with Crippen molar-refractivity contribution in [1.82, 2.24) is 0 Å².